The topological polar surface area (TPSA) is 55.1 Å². The lowest BCUT2D eigenvalue weighted by atomic mass is 10.1. The fourth-order valence-electron chi connectivity index (χ4n) is 1.84. The van der Waals surface area contributed by atoms with E-state index in [2.05, 4.69) is 5.32 Å². The fraction of sp³-hybridized carbons (Fsp3) is 0.133. The number of amides is 1. The average Bonchev–Trinajstić information content (AvgIpc) is 2.39. The van der Waals surface area contributed by atoms with Crippen molar-refractivity contribution in [3.8, 4) is 0 Å². The van der Waals surface area contributed by atoms with Gasteiger partial charge in [-0.15, -0.1) is 0 Å². The number of halogens is 2. The van der Waals surface area contributed by atoms with Crippen molar-refractivity contribution in [3.05, 3.63) is 57.9 Å². The number of hydrogen-bond acceptors (Lipinski definition) is 2. The van der Waals surface area contributed by atoms with Crippen molar-refractivity contribution in [1.82, 2.24) is 0 Å². The molecule has 2 aromatic carbocycles. The first-order chi connectivity index (χ1) is 9.38. The first-order valence-corrected chi connectivity index (χ1v) is 6.39. The lowest BCUT2D eigenvalue weighted by Crippen LogP contribution is -2.13. The predicted octanol–water partition coefficient (Wildman–Crippen LogP) is 3.93. The number of rotatable bonds is 2. The van der Waals surface area contributed by atoms with Crippen LogP contribution in [0.15, 0.2) is 30.3 Å². The van der Waals surface area contributed by atoms with E-state index < -0.39 is 11.7 Å². The molecule has 0 saturated carbocycles. The Balaban J connectivity index is 2.27. The predicted molar refractivity (Wildman–Crippen MR) is 79.7 cm³/mol. The van der Waals surface area contributed by atoms with Crippen molar-refractivity contribution >= 4 is 28.9 Å². The third kappa shape index (κ3) is 2.91. The van der Waals surface area contributed by atoms with E-state index in [-0.39, 0.29) is 10.6 Å². The molecule has 20 heavy (non-hydrogen) atoms. The van der Waals surface area contributed by atoms with Gasteiger partial charge in [0.25, 0.3) is 5.91 Å². The molecule has 3 nitrogen and oxygen atoms in total. The molecule has 3 N–H and O–H groups in total. The molecule has 0 atom stereocenters. The Bertz CT molecular complexity index is 686. The molecular formula is C15H14ClFN2O. The number of nitrogens with two attached hydrogens (primary N) is 1. The van der Waals surface area contributed by atoms with Crippen LogP contribution < -0.4 is 11.1 Å². The minimum atomic E-state index is -0.626. The summed E-state index contributed by atoms with van der Waals surface area (Å²) in [5.74, 6) is -1.04. The second-order valence-electron chi connectivity index (χ2n) is 4.61. The normalized spacial score (nSPS) is 10.4. The van der Waals surface area contributed by atoms with Gasteiger partial charge in [0.2, 0.25) is 0 Å². The van der Waals surface area contributed by atoms with Crippen LogP contribution >= 0.6 is 11.6 Å². The zero-order valence-electron chi connectivity index (χ0n) is 11.1. The Morgan fingerprint density at radius 3 is 2.55 bits per heavy atom. The standard InChI is InChI=1S/C15H14ClFN2O/c1-8-5-9(2)14(7-13(8)18)19-15(20)10-3-4-11(16)12(17)6-10/h3-7H,18H2,1-2H3,(H,19,20). The van der Waals surface area contributed by atoms with E-state index in [9.17, 15) is 9.18 Å². The minimum Gasteiger partial charge on any atom is -0.398 e. The minimum absolute atomic E-state index is 0.0164. The van der Waals surface area contributed by atoms with Crippen LogP contribution in [-0.2, 0) is 0 Å². The summed E-state index contributed by atoms with van der Waals surface area (Å²) in [4.78, 5) is 12.1. The molecule has 0 bridgehead atoms. The molecule has 0 aliphatic heterocycles. The van der Waals surface area contributed by atoms with Gasteiger partial charge in [-0.05, 0) is 49.2 Å². The smallest absolute Gasteiger partial charge is 0.255 e. The summed E-state index contributed by atoms with van der Waals surface area (Å²) >= 11 is 5.59. The maximum atomic E-state index is 13.3. The molecule has 0 aliphatic carbocycles. The number of carbonyl (C=O) groups excluding carboxylic acids is 1. The Kier molecular flexibility index (Phi) is 3.95. The molecule has 5 heteroatoms. The number of carbonyl (C=O) groups is 1. The molecule has 1 amide bonds. The number of nitrogen functional groups attached to an aromatic ring is 1. The summed E-state index contributed by atoms with van der Waals surface area (Å²) in [6.45, 7) is 3.76. The number of anilines is 2. The van der Waals surface area contributed by atoms with Gasteiger partial charge in [0.05, 0.1) is 5.02 Å². The molecular weight excluding hydrogens is 279 g/mol. The van der Waals surface area contributed by atoms with E-state index in [1.165, 1.54) is 12.1 Å². The fourth-order valence-corrected chi connectivity index (χ4v) is 1.95. The lowest BCUT2D eigenvalue weighted by molar-refractivity contribution is 0.102. The van der Waals surface area contributed by atoms with Crippen LogP contribution in [0.4, 0.5) is 15.8 Å². The van der Waals surface area contributed by atoms with Gasteiger partial charge in [-0.3, -0.25) is 4.79 Å². The molecule has 0 fully saturated rings. The number of nitrogens with one attached hydrogen (secondary N) is 1. The van der Waals surface area contributed by atoms with E-state index >= 15 is 0 Å². The highest BCUT2D eigenvalue weighted by Gasteiger charge is 2.11. The van der Waals surface area contributed by atoms with Crippen molar-refractivity contribution in [3.63, 3.8) is 0 Å². The van der Waals surface area contributed by atoms with Crippen LogP contribution in [0.1, 0.15) is 21.5 Å². The second kappa shape index (κ2) is 5.51. The summed E-state index contributed by atoms with van der Waals surface area (Å²) in [5, 5.41) is 2.70. The van der Waals surface area contributed by atoms with Crippen LogP contribution in [0.5, 0.6) is 0 Å². The summed E-state index contributed by atoms with van der Waals surface area (Å²) in [6, 6.07) is 7.49. The van der Waals surface area contributed by atoms with E-state index in [4.69, 9.17) is 17.3 Å². The van der Waals surface area contributed by atoms with Crippen LogP contribution in [0.2, 0.25) is 5.02 Å². The molecule has 0 saturated heterocycles. The Morgan fingerprint density at radius 1 is 1.20 bits per heavy atom. The quantitative estimate of drug-likeness (QED) is 0.824. The van der Waals surface area contributed by atoms with Crippen LogP contribution in [0, 0.1) is 19.7 Å². The van der Waals surface area contributed by atoms with Crippen molar-refractivity contribution in [1.29, 1.82) is 0 Å². The SMILES string of the molecule is Cc1cc(C)c(NC(=O)c2ccc(Cl)c(F)c2)cc1N. The van der Waals surface area contributed by atoms with Crippen molar-refractivity contribution in [2.24, 2.45) is 0 Å². The van der Waals surface area contributed by atoms with Gasteiger partial charge in [-0.1, -0.05) is 17.7 Å². The summed E-state index contributed by atoms with van der Waals surface area (Å²) < 4.78 is 13.3. The highest BCUT2D eigenvalue weighted by Crippen LogP contribution is 2.23. The number of hydrogen-bond donors (Lipinski definition) is 2. The van der Waals surface area contributed by atoms with Crippen molar-refractivity contribution in [2.75, 3.05) is 11.1 Å². The Hall–Kier alpha value is -2.07. The Labute approximate surface area is 121 Å². The molecule has 0 unspecified atom stereocenters. The number of aryl methyl sites for hydroxylation is 2. The van der Waals surface area contributed by atoms with Gasteiger partial charge in [0.1, 0.15) is 5.82 Å². The molecule has 0 radical (unpaired) electrons. The monoisotopic (exact) mass is 292 g/mol. The highest BCUT2D eigenvalue weighted by atomic mass is 35.5. The molecule has 0 aliphatic rings. The lowest BCUT2D eigenvalue weighted by Gasteiger charge is -2.11. The third-order valence-electron chi connectivity index (χ3n) is 3.04. The van der Waals surface area contributed by atoms with Crippen LogP contribution in [-0.4, -0.2) is 5.91 Å². The molecule has 2 aromatic rings. The maximum absolute atomic E-state index is 13.3. The third-order valence-corrected chi connectivity index (χ3v) is 3.35. The van der Waals surface area contributed by atoms with E-state index in [1.807, 2.05) is 19.9 Å². The van der Waals surface area contributed by atoms with Gasteiger partial charge in [-0.25, -0.2) is 4.39 Å². The highest BCUT2D eigenvalue weighted by molar-refractivity contribution is 6.30. The largest absolute Gasteiger partial charge is 0.398 e. The zero-order valence-corrected chi connectivity index (χ0v) is 11.9. The van der Waals surface area contributed by atoms with Crippen molar-refractivity contribution < 1.29 is 9.18 Å². The average molecular weight is 293 g/mol. The summed E-state index contributed by atoms with van der Waals surface area (Å²) in [7, 11) is 0. The molecule has 104 valence electrons. The van der Waals surface area contributed by atoms with E-state index in [1.54, 1.807) is 6.07 Å². The van der Waals surface area contributed by atoms with Crippen LogP contribution in [0.25, 0.3) is 0 Å². The van der Waals surface area contributed by atoms with Gasteiger partial charge in [0.15, 0.2) is 0 Å². The Morgan fingerprint density at radius 2 is 1.90 bits per heavy atom. The second-order valence-corrected chi connectivity index (χ2v) is 5.01. The van der Waals surface area contributed by atoms with Gasteiger partial charge < -0.3 is 11.1 Å². The van der Waals surface area contributed by atoms with Crippen LogP contribution in [0.3, 0.4) is 0 Å². The van der Waals surface area contributed by atoms with E-state index in [0.717, 1.165) is 17.2 Å². The van der Waals surface area contributed by atoms with Gasteiger partial charge >= 0.3 is 0 Å². The molecule has 2 rings (SSSR count). The molecule has 0 spiro atoms. The molecule has 0 heterocycles. The summed E-state index contributed by atoms with van der Waals surface area (Å²) in [5.41, 5.74) is 9.05. The van der Waals surface area contributed by atoms with E-state index in [0.29, 0.717) is 11.4 Å². The first-order valence-electron chi connectivity index (χ1n) is 6.01. The number of benzene rings is 2. The van der Waals surface area contributed by atoms with Gasteiger partial charge in [0, 0.05) is 16.9 Å². The van der Waals surface area contributed by atoms with Gasteiger partial charge in [-0.2, -0.15) is 0 Å². The zero-order chi connectivity index (χ0) is 14.9. The maximum Gasteiger partial charge on any atom is 0.255 e. The summed E-state index contributed by atoms with van der Waals surface area (Å²) in [6.07, 6.45) is 0. The first kappa shape index (κ1) is 14.3. The van der Waals surface area contributed by atoms with Crippen molar-refractivity contribution in [2.45, 2.75) is 13.8 Å². The molecule has 0 aromatic heterocycles.